The number of hydrogen-bond acceptors (Lipinski definition) is 1. The van der Waals surface area contributed by atoms with Gasteiger partial charge in [0, 0.05) is 11.5 Å². The van der Waals surface area contributed by atoms with E-state index in [1.807, 2.05) is 45.3 Å². The summed E-state index contributed by atoms with van der Waals surface area (Å²) in [6, 6.07) is 0. The van der Waals surface area contributed by atoms with Gasteiger partial charge in [-0.1, -0.05) is 48.0 Å². The molecule has 76 valence electrons. The summed E-state index contributed by atoms with van der Waals surface area (Å²) in [5.41, 5.74) is 1.21. The van der Waals surface area contributed by atoms with E-state index >= 15 is 0 Å². The van der Waals surface area contributed by atoms with Crippen LogP contribution in [-0.2, 0) is 0 Å². The van der Waals surface area contributed by atoms with Gasteiger partial charge in [-0.2, -0.15) is 0 Å². The molecule has 0 unspecified atom stereocenters. The van der Waals surface area contributed by atoms with Gasteiger partial charge in [-0.05, 0) is 25.6 Å². The van der Waals surface area contributed by atoms with Crippen molar-refractivity contribution in [2.24, 2.45) is 0 Å². The fourth-order valence-corrected chi connectivity index (χ4v) is 0.790. The van der Waals surface area contributed by atoms with Crippen LogP contribution in [0.5, 0.6) is 0 Å². The highest BCUT2D eigenvalue weighted by Crippen LogP contribution is 1.91. The van der Waals surface area contributed by atoms with E-state index in [0.29, 0.717) is 0 Å². The third-order valence-electron chi connectivity index (χ3n) is 1.04. The van der Waals surface area contributed by atoms with Gasteiger partial charge in [-0.25, -0.2) is 0 Å². The first-order valence-corrected chi connectivity index (χ1v) is 5.70. The minimum atomic E-state index is 0.885. The van der Waals surface area contributed by atoms with Crippen LogP contribution in [0, 0.1) is 0 Å². The lowest BCUT2D eigenvalue weighted by atomic mass is 10.3. The Morgan fingerprint density at radius 3 is 2.46 bits per heavy atom. The summed E-state index contributed by atoms with van der Waals surface area (Å²) in [4.78, 5) is 0. The summed E-state index contributed by atoms with van der Waals surface area (Å²) in [6.07, 6.45) is 9.93. The van der Waals surface area contributed by atoms with Crippen LogP contribution < -0.4 is 5.32 Å². The number of alkyl halides is 1. The van der Waals surface area contributed by atoms with E-state index < -0.39 is 0 Å². The van der Waals surface area contributed by atoms with Gasteiger partial charge in [0.1, 0.15) is 0 Å². The molecule has 0 aliphatic heterocycles. The normalized spacial score (nSPS) is 11.6. The Kier molecular flexibility index (Phi) is 16.2. The molecule has 0 saturated heterocycles. The van der Waals surface area contributed by atoms with E-state index in [0.717, 1.165) is 5.33 Å². The average molecular weight is 246 g/mol. The number of allylic oxidation sites excluding steroid dienone is 4. The summed E-state index contributed by atoms with van der Waals surface area (Å²) in [5.74, 6) is 0. The van der Waals surface area contributed by atoms with Crippen molar-refractivity contribution >= 4 is 15.9 Å². The largest absolute Gasteiger partial charge is 0.368 e. The SMILES string of the molecule is C/C=C/C(C)=C\N/C=C/CBr.CC. The maximum Gasteiger partial charge on any atom is 0.0229 e. The number of nitrogens with one attached hydrogen (secondary N) is 1. The molecule has 0 spiro atoms. The van der Waals surface area contributed by atoms with Crippen LogP contribution >= 0.6 is 15.9 Å². The fraction of sp³-hybridized carbons (Fsp3) is 0.455. The van der Waals surface area contributed by atoms with Crippen LogP contribution in [0.15, 0.2) is 36.2 Å². The molecule has 0 aliphatic rings. The summed E-state index contributed by atoms with van der Waals surface area (Å²) in [5, 5.41) is 3.93. The quantitative estimate of drug-likeness (QED) is 0.584. The predicted molar refractivity (Wildman–Crippen MR) is 66.0 cm³/mol. The van der Waals surface area contributed by atoms with Crippen molar-refractivity contribution in [1.29, 1.82) is 0 Å². The van der Waals surface area contributed by atoms with Crippen molar-refractivity contribution in [3.8, 4) is 0 Å². The van der Waals surface area contributed by atoms with Crippen LogP contribution in [0.25, 0.3) is 0 Å². The second-order valence-electron chi connectivity index (χ2n) is 2.11. The van der Waals surface area contributed by atoms with Gasteiger partial charge >= 0.3 is 0 Å². The number of hydrogen-bond donors (Lipinski definition) is 1. The Bertz CT molecular complexity index is 169. The van der Waals surface area contributed by atoms with E-state index in [4.69, 9.17) is 0 Å². The Balaban J connectivity index is 0. The summed E-state index contributed by atoms with van der Waals surface area (Å²) in [7, 11) is 0. The standard InChI is InChI=1S/C9H14BrN.C2H6/c1-3-5-9(2)8-11-7-4-6-10;1-2/h3-5,7-8,11H,6H2,1-2H3;1-2H3/b5-3+,7-4+,9-8-;. The highest BCUT2D eigenvalue weighted by Gasteiger charge is 1.75. The Hall–Kier alpha value is -0.500. The topological polar surface area (TPSA) is 12.0 Å². The molecule has 2 heteroatoms. The van der Waals surface area contributed by atoms with Crippen LogP contribution in [0.4, 0.5) is 0 Å². The molecule has 0 aromatic carbocycles. The Labute approximate surface area is 90.7 Å². The fourth-order valence-electron chi connectivity index (χ4n) is 0.603. The average Bonchev–Trinajstić information content (AvgIpc) is 2.16. The number of halogens is 1. The molecule has 0 atom stereocenters. The first-order valence-electron chi connectivity index (χ1n) is 4.57. The van der Waals surface area contributed by atoms with Crippen molar-refractivity contribution in [2.45, 2.75) is 27.7 Å². The van der Waals surface area contributed by atoms with E-state index in [-0.39, 0.29) is 0 Å². The van der Waals surface area contributed by atoms with Gasteiger partial charge < -0.3 is 5.32 Å². The Morgan fingerprint density at radius 2 is 2.00 bits per heavy atom. The molecule has 1 N–H and O–H groups in total. The lowest BCUT2D eigenvalue weighted by Gasteiger charge is -1.91. The molecule has 1 nitrogen and oxygen atoms in total. The van der Waals surface area contributed by atoms with E-state index in [9.17, 15) is 0 Å². The summed E-state index contributed by atoms with van der Waals surface area (Å²) < 4.78 is 0. The van der Waals surface area contributed by atoms with Crippen molar-refractivity contribution in [3.05, 3.63) is 36.2 Å². The molecule has 0 rings (SSSR count). The van der Waals surface area contributed by atoms with Gasteiger partial charge in [0.05, 0.1) is 0 Å². The molecule has 0 aromatic rings. The van der Waals surface area contributed by atoms with Gasteiger partial charge in [-0.3, -0.25) is 0 Å². The zero-order valence-electron chi connectivity index (χ0n) is 8.97. The molecular formula is C11H20BrN. The van der Waals surface area contributed by atoms with E-state index in [1.54, 1.807) is 0 Å². The van der Waals surface area contributed by atoms with Crippen LogP contribution in [-0.4, -0.2) is 5.33 Å². The minimum Gasteiger partial charge on any atom is -0.368 e. The van der Waals surface area contributed by atoms with Gasteiger partial charge in [0.2, 0.25) is 0 Å². The summed E-state index contributed by atoms with van der Waals surface area (Å²) in [6.45, 7) is 8.06. The smallest absolute Gasteiger partial charge is 0.0229 e. The highest BCUT2D eigenvalue weighted by atomic mass is 79.9. The Morgan fingerprint density at radius 1 is 1.38 bits per heavy atom. The van der Waals surface area contributed by atoms with Crippen molar-refractivity contribution in [3.63, 3.8) is 0 Å². The molecule has 0 aromatic heterocycles. The van der Waals surface area contributed by atoms with Crippen molar-refractivity contribution in [1.82, 2.24) is 5.32 Å². The first kappa shape index (κ1) is 15.0. The molecule has 0 fully saturated rings. The second-order valence-corrected chi connectivity index (χ2v) is 2.76. The molecule has 0 aliphatic carbocycles. The lowest BCUT2D eigenvalue weighted by Crippen LogP contribution is -1.92. The van der Waals surface area contributed by atoms with Gasteiger partial charge in [-0.15, -0.1) is 0 Å². The second kappa shape index (κ2) is 14.0. The van der Waals surface area contributed by atoms with Crippen molar-refractivity contribution < 1.29 is 0 Å². The van der Waals surface area contributed by atoms with Gasteiger partial charge in [0.25, 0.3) is 0 Å². The predicted octanol–water partition coefficient (Wildman–Crippen LogP) is 3.99. The van der Waals surface area contributed by atoms with Gasteiger partial charge in [0.15, 0.2) is 0 Å². The maximum absolute atomic E-state index is 3.29. The van der Waals surface area contributed by atoms with Crippen LogP contribution in [0.1, 0.15) is 27.7 Å². The van der Waals surface area contributed by atoms with Crippen LogP contribution in [0.3, 0.4) is 0 Å². The van der Waals surface area contributed by atoms with Crippen LogP contribution in [0.2, 0.25) is 0 Å². The molecule has 0 saturated carbocycles. The minimum absolute atomic E-state index is 0.885. The first-order chi connectivity index (χ1) is 6.31. The van der Waals surface area contributed by atoms with Crippen molar-refractivity contribution in [2.75, 3.05) is 5.33 Å². The summed E-state index contributed by atoms with van der Waals surface area (Å²) >= 11 is 3.29. The molecular weight excluding hydrogens is 226 g/mol. The molecule has 0 heterocycles. The zero-order chi connectivity index (χ0) is 10.5. The molecule has 0 bridgehead atoms. The molecule has 13 heavy (non-hydrogen) atoms. The maximum atomic E-state index is 3.29. The number of rotatable bonds is 4. The van der Waals surface area contributed by atoms with E-state index in [1.165, 1.54) is 5.57 Å². The third-order valence-corrected chi connectivity index (χ3v) is 1.42. The van der Waals surface area contributed by atoms with E-state index in [2.05, 4.69) is 34.2 Å². The monoisotopic (exact) mass is 245 g/mol. The molecule has 0 radical (unpaired) electrons. The lowest BCUT2D eigenvalue weighted by molar-refractivity contribution is 1.16. The molecule has 0 amide bonds. The third kappa shape index (κ3) is 14.4. The highest BCUT2D eigenvalue weighted by molar-refractivity contribution is 9.09. The zero-order valence-corrected chi connectivity index (χ0v) is 10.6.